The zero-order valence-electron chi connectivity index (χ0n) is 50.7. The molecular formula is C68H86N4O8Si2. The molecule has 9 rings (SSSR count). The van der Waals surface area contributed by atoms with E-state index in [9.17, 15) is 14.7 Å². The van der Waals surface area contributed by atoms with Crippen molar-refractivity contribution in [1.29, 1.82) is 0 Å². The lowest BCUT2D eigenvalue weighted by Crippen LogP contribution is -2.50. The van der Waals surface area contributed by atoms with E-state index in [4.69, 9.17) is 23.3 Å². The SMILES string of the molecule is Cc1ccc(C#Cc2ccc(CN3O[C@@H]([C@H](C)O[Si](C)(C)C(C)(C)C)[C@@H](CO)[C@H]3C(=O)NCCc3c[nH]c4ccccc34)cc2)cc1.Cc1ccc(C#Cc2ccc(CN3O[C@@H]([C@H](C)O[Si](C)(C)C(C)(C)C)[C@H]4COC(=O)[C@H]43)cc2)cc1. The Morgan fingerprint density at radius 2 is 1.13 bits per heavy atom. The zero-order valence-corrected chi connectivity index (χ0v) is 52.7. The van der Waals surface area contributed by atoms with Gasteiger partial charge in [0.15, 0.2) is 16.6 Å². The molecule has 3 saturated heterocycles. The number of fused-ring (bicyclic) bond motifs is 2. The number of hydrogen-bond donors (Lipinski definition) is 3. The first-order valence-corrected chi connectivity index (χ1v) is 34.8. The summed E-state index contributed by atoms with van der Waals surface area (Å²) in [4.78, 5) is 42.7. The molecule has 1 amide bonds. The fourth-order valence-corrected chi connectivity index (χ4v) is 13.1. The van der Waals surface area contributed by atoms with E-state index in [1.807, 2.05) is 104 Å². The largest absolute Gasteiger partial charge is 0.464 e. The Labute approximate surface area is 489 Å². The van der Waals surface area contributed by atoms with Crippen molar-refractivity contribution in [2.75, 3.05) is 19.8 Å². The van der Waals surface area contributed by atoms with Crippen LogP contribution in [0.5, 0.6) is 0 Å². The summed E-state index contributed by atoms with van der Waals surface area (Å²) in [5.41, 5.74) is 10.5. The number of H-pyrrole nitrogens is 1. The van der Waals surface area contributed by atoms with Gasteiger partial charge >= 0.3 is 5.97 Å². The Morgan fingerprint density at radius 1 is 0.683 bits per heavy atom. The molecular weight excluding hydrogens is 1060 g/mol. The molecule has 0 radical (unpaired) electrons. The van der Waals surface area contributed by atoms with Gasteiger partial charge in [-0.05, 0) is 142 Å². The van der Waals surface area contributed by atoms with E-state index in [1.54, 1.807) is 10.1 Å². The van der Waals surface area contributed by atoms with Crippen molar-refractivity contribution in [2.24, 2.45) is 11.8 Å². The average molecular weight is 1140 g/mol. The summed E-state index contributed by atoms with van der Waals surface area (Å²) < 4.78 is 18.8. The van der Waals surface area contributed by atoms with Crippen LogP contribution in [-0.4, -0.2) is 105 Å². The van der Waals surface area contributed by atoms with Gasteiger partial charge in [-0.15, -0.1) is 0 Å². The normalized spacial score (nSPS) is 21.1. The fourth-order valence-electron chi connectivity index (χ4n) is 10.3. The average Bonchev–Trinajstić information content (AvgIpc) is 3.55. The molecule has 4 heterocycles. The van der Waals surface area contributed by atoms with Crippen LogP contribution >= 0.6 is 0 Å². The molecule has 3 aliphatic rings. The number of aromatic nitrogens is 1. The zero-order chi connectivity index (χ0) is 59.1. The van der Waals surface area contributed by atoms with Crippen molar-refractivity contribution in [1.82, 2.24) is 20.4 Å². The Kier molecular flexibility index (Phi) is 19.8. The Balaban J connectivity index is 0.000000224. The van der Waals surface area contributed by atoms with E-state index in [0.717, 1.165) is 49.8 Å². The minimum atomic E-state index is -2.14. The standard InChI is InChI=1S/C39H49N3O4Si.C29H37NO4Si/c1-27-12-14-29(15-13-27)16-17-30-18-20-31(21-19-30)25-42-36(34(26-43)37(45-42)28(2)46-47(6,7)39(3,4)5)38(44)40-23-22-32-24-41-35-11-9-8-10-33(32)35;1-20-8-10-22(11-9-20)12-13-23-14-16-24(17-15-23)18-30-26-25(19-32-28(26)31)27(33-30)21(2)34-35(6,7)29(3,4)5/h8-15,18-21,24,28,34,36-37,41,43H,22-23,25-26H2,1-7H3,(H,40,44);8-11,14-17,21,25-27H,18-19H2,1-7H3/t28-,34-,36-,37-;21-,25-,26-,27-/m00/s1. The van der Waals surface area contributed by atoms with Gasteiger partial charge in [0.2, 0.25) is 5.91 Å². The molecule has 8 atom stereocenters. The lowest BCUT2D eigenvalue weighted by Gasteiger charge is -2.40. The highest BCUT2D eigenvalue weighted by atomic mass is 28.4. The number of nitrogens with one attached hydrogen (secondary N) is 2. The second-order valence-electron chi connectivity index (χ2n) is 25.5. The molecule has 14 heteroatoms. The number of aliphatic hydroxyl groups excluding tert-OH is 1. The minimum Gasteiger partial charge on any atom is -0.464 e. The number of ether oxygens (including phenoxy) is 1. The van der Waals surface area contributed by atoms with Crippen LogP contribution in [0.15, 0.2) is 128 Å². The van der Waals surface area contributed by atoms with Gasteiger partial charge in [-0.25, -0.2) is 0 Å². The van der Waals surface area contributed by atoms with Crippen molar-refractivity contribution < 1.29 is 38.0 Å². The number of aliphatic hydroxyl groups is 1. The van der Waals surface area contributed by atoms with Gasteiger partial charge in [0.25, 0.3) is 0 Å². The number of carbonyl (C=O) groups excluding carboxylic acids is 2. The van der Waals surface area contributed by atoms with Crippen molar-refractivity contribution >= 4 is 39.4 Å². The third-order valence-corrected chi connectivity index (χ3v) is 26.3. The number of cyclic esters (lactones) is 1. The lowest BCUT2D eigenvalue weighted by molar-refractivity contribution is -0.200. The van der Waals surface area contributed by atoms with Crippen LogP contribution in [0.4, 0.5) is 0 Å². The van der Waals surface area contributed by atoms with Gasteiger partial charge in [-0.3, -0.25) is 19.3 Å². The minimum absolute atomic E-state index is 0.0114. The Morgan fingerprint density at radius 3 is 1.62 bits per heavy atom. The Bertz CT molecular complexity index is 3250. The first kappa shape index (κ1) is 61.9. The number of carbonyl (C=O) groups is 2. The molecule has 12 nitrogen and oxygen atoms in total. The van der Waals surface area contributed by atoms with Gasteiger partial charge in [-0.1, -0.05) is 143 Å². The maximum atomic E-state index is 13.9. The number of benzene rings is 5. The fraction of sp³-hybridized carbons (Fsp3) is 0.441. The molecule has 0 aliphatic carbocycles. The molecule has 0 spiro atoms. The van der Waals surface area contributed by atoms with Crippen LogP contribution in [0.1, 0.15) is 105 Å². The number of aryl methyl sites for hydroxylation is 2. The predicted octanol–water partition coefficient (Wildman–Crippen LogP) is 12.2. The summed E-state index contributed by atoms with van der Waals surface area (Å²) in [7, 11) is -4.11. The van der Waals surface area contributed by atoms with Gasteiger partial charge in [0, 0.05) is 51.8 Å². The van der Waals surface area contributed by atoms with E-state index in [0.29, 0.717) is 32.7 Å². The number of amides is 1. The van der Waals surface area contributed by atoms with Crippen molar-refractivity contribution in [3.05, 3.63) is 178 Å². The predicted molar refractivity (Wildman–Crippen MR) is 331 cm³/mol. The first-order chi connectivity index (χ1) is 38.8. The molecule has 3 aliphatic heterocycles. The van der Waals surface area contributed by atoms with Crippen molar-refractivity contribution in [2.45, 2.75) is 162 Å². The molecule has 6 aromatic rings. The number of hydroxylamine groups is 4. The number of para-hydroxylation sites is 1. The quantitative estimate of drug-likeness (QED) is 0.0518. The van der Waals surface area contributed by atoms with Crippen LogP contribution in [0, 0.1) is 49.4 Å². The number of aromatic amines is 1. The highest BCUT2D eigenvalue weighted by Crippen LogP contribution is 2.43. The second-order valence-corrected chi connectivity index (χ2v) is 35.0. The van der Waals surface area contributed by atoms with E-state index in [1.165, 1.54) is 11.1 Å². The molecule has 1 aromatic heterocycles. The molecule has 0 bridgehead atoms. The summed E-state index contributed by atoms with van der Waals surface area (Å²) in [6.45, 7) is 32.0. The van der Waals surface area contributed by atoms with Crippen LogP contribution < -0.4 is 5.32 Å². The van der Waals surface area contributed by atoms with Gasteiger partial charge in [0.05, 0.1) is 44.4 Å². The maximum absolute atomic E-state index is 13.9. The maximum Gasteiger partial charge on any atom is 0.326 e. The molecule has 3 fully saturated rings. The summed E-state index contributed by atoms with van der Waals surface area (Å²) >= 11 is 0. The van der Waals surface area contributed by atoms with Gasteiger partial charge in [-0.2, -0.15) is 10.1 Å². The lowest BCUT2D eigenvalue weighted by atomic mass is 9.92. The number of hydrogen-bond acceptors (Lipinski definition) is 10. The number of esters is 1. The van der Waals surface area contributed by atoms with Crippen LogP contribution in [0.25, 0.3) is 10.9 Å². The monoisotopic (exact) mass is 1140 g/mol. The van der Waals surface area contributed by atoms with E-state index in [-0.39, 0.29) is 52.8 Å². The summed E-state index contributed by atoms with van der Waals surface area (Å²) in [6, 6.07) is 39.6. The summed E-state index contributed by atoms with van der Waals surface area (Å²) in [6.07, 6.45) is 1.58. The van der Waals surface area contributed by atoms with Crippen LogP contribution in [-0.2, 0) is 52.4 Å². The number of rotatable bonds is 15. The second kappa shape index (κ2) is 26.2. The molecule has 434 valence electrons. The molecule has 0 saturated carbocycles. The molecule has 82 heavy (non-hydrogen) atoms. The highest BCUT2D eigenvalue weighted by Gasteiger charge is 2.56. The molecule has 5 aromatic carbocycles. The first-order valence-electron chi connectivity index (χ1n) is 29.0. The molecule has 3 N–H and O–H groups in total. The van der Waals surface area contributed by atoms with E-state index >= 15 is 0 Å². The highest BCUT2D eigenvalue weighted by molar-refractivity contribution is 6.74. The smallest absolute Gasteiger partial charge is 0.326 e. The summed E-state index contributed by atoms with van der Waals surface area (Å²) in [5, 5.41) is 18.7. The van der Waals surface area contributed by atoms with Gasteiger partial charge in [0.1, 0.15) is 24.3 Å². The van der Waals surface area contributed by atoms with E-state index in [2.05, 4.69) is 153 Å². The van der Waals surface area contributed by atoms with Crippen molar-refractivity contribution in [3.63, 3.8) is 0 Å². The van der Waals surface area contributed by atoms with Crippen LogP contribution in [0.2, 0.25) is 36.3 Å². The summed E-state index contributed by atoms with van der Waals surface area (Å²) in [5.74, 6) is 12.0. The molecule has 0 unspecified atom stereocenters. The number of nitrogens with zero attached hydrogens (tertiary/aromatic N) is 2. The topological polar surface area (TPSA) is 135 Å². The van der Waals surface area contributed by atoms with E-state index < -0.39 is 40.7 Å². The van der Waals surface area contributed by atoms with Crippen LogP contribution in [0.3, 0.4) is 0 Å². The van der Waals surface area contributed by atoms with Crippen molar-refractivity contribution in [3.8, 4) is 23.7 Å². The third-order valence-electron chi connectivity index (χ3n) is 17.2. The third kappa shape index (κ3) is 15.2. The Hall–Kier alpha value is -6.15. The van der Waals surface area contributed by atoms with Gasteiger partial charge < -0.3 is 29.0 Å².